The van der Waals surface area contributed by atoms with E-state index in [-0.39, 0.29) is 52.8 Å². The van der Waals surface area contributed by atoms with Crippen molar-refractivity contribution >= 4 is 34.3 Å². The maximum atomic E-state index is 14.7. The molecule has 180 valence electrons. The summed E-state index contributed by atoms with van der Waals surface area (Å²) >= 11 is -0.226. The summed E-state index contributed by atoms with van der Waals surface area (Å²) in [6.07, 6.45) is -0.0792. The van der Waals surface area contributed by atoms with Crippen LogP contribution in [0, 0.1) is 11.2 Å². The van der Waals surface area contributed by atoms with E-state index in [1.54, 1.807) is 24.3 Å². The van der Waals surface area contributed by atoms with Crippen LogP contribution in [0.15, 0.2) is 59.5 Å². The van der Waals surface area contributed by atoms with Gasteiger partial charge in [-0.15, -0.1) is 0 Å². The van der Waals surface area contributed by atoms with Crippen molar-refractivity contribution in [3.63, 3.8) is 0 Å². The highest BCUT2D eigenvalue weighted by Crippen LogP contribution is 2.37. The molecule has 0 fully saturated rings. The Hall–Kier alpha value is -3.07. The monoisotopic (exact) mass is 494 g/mol. The largest absolute Gasteiger partial charge is 0.487 e. The van der Waals surface area contributed by atoms with Crippen LogP contribution in [-0.2, 0) is 11.4 Å². The lowest BCUT2D eigenvalue weighted by Gasteiger charge is -2.19. The molecule has 0 heterocycles. The Balaban J connectivity index is 1.89. The van der Waals surface area contributed by atoms with Gasteiger partial charge in [-0.3, -0.25) is 9.59 Å². The van der Waals surface area contributed by atoms with Gasteiger partial charge in [0.25, 0.3) is 0 Å². The molecule has 0 aliphatic carbocycles. The Labute approximate surface area is 197 Å². The Bertz CT molecular complexity index is 1200. The van der Waals surface area contributed by atoms with Gasteiger partial charge in [0.1, 0.15) is 18.2 Å². The van der Waals surface area contributed by atoms with E-state index in [2.05, 4.69) is 0 Å². The zero-order valence-corrected chi connectivity index (χ0v) is 19.2. The predicted octanol–water partition coefficient (Wildman–Crippen LogP) is 7.24. The second-order valence-electron chi connectivity index (χ2n) is 8.37. The first-order valence-corrected chi connectivity index (χ1v) is 11.1. The van der Waals surface area contributed by atoms with Crippen LogP contribution in [0.2, 0.25) is 0 Å². The van der Waals surface area contributed by atoms with E-state index in [0.717, 1.165) is 6.07 Å². The number of carbonyl (C=O) groups is 2. The van der Waals surface area contributed by atoms with Crippen LogP contribution in [-0.4, -0.2) is 22.4 Å². The normalized spacial score (nSPS) is 12.1. The predicted molar refractivity (Wildman–Crippen MR) is 122 cm³/mol. The van der Waals surface area contributed by atoms with Gasteiger partial charge >= 0.3 is 11.5 Å². The number of thioether (sulfide) groups is 1. The van der Waals surface area contributed by atoms with Crippen molar-refractivity contribution in [1.29, 1.82) is 0 Å². The minimum atomic E-state index is -4.39. The fraction of sp³-hybridized carbons (Fsp3) is 0.280. The lowest BCUT2D eigenvalue weighted by molar-refractivity contribution is -0.147. The third-order valence-corrected chi connectivity index (χ3v) is 6.08. The summed E-state index contributed by atoms with van der Waals surface area (Å²) in [4.78, 5) is 24.4. The maximum absolute atomic E-state index is 14.7. The topological polar surface area (TPSA) is 63.6 Å². The Kier molecular flexibility index (Phi) is 7.55. The number of rotatable bonds is 9. The summed E-state index contributed by atoms with van der Waals surface area (Å²) in [6, 6.07) is 13.1. The molecule has 3 aromatic rings. The van der Waals surface area contributed by atoms with Gasteiger partial charge in [-0.05, 0) is 55.8 Å². The number of alkyl halides is 3. The van der Waals surface area contributed by atoms with Gasteiger partial charge in [-0.2, -0.15) is 13.2 Å². The SMILES string of the molecule is CC(C)(CCC(=O)c1cc(F)c2ccccc2c1OCc1ccc(SC(F)(F)F)cc1)C(=O)O. The number of hydrogen-bond donors (Lipinski definition) is 1. The zero-order valence-electron chi connectivity index (χ0n) is 18.4. The first kappa shape index (κ1) is 25.6. The number of Topliss-reactive ketones (excluding diaryl/α,β-unsaturated/α-hetero) is 1. The van der Waals surface area contributed by atoms with Gasteiger partial charge < -0.3 is 9.84 Å². The number of halogens is 4. The van der Waals surface area contributed by atoms with Crippen LogP contribution < -0.4 is 4.74 Å². The average molecular weight is 495 g/mol. The molecule has 0 radical (unpaired) electrons. The maximum Gasteiger partial charge on any atom is 0.446 e. The Morgan fingerprint density at radius 2 is 1.62 bits per heavy atom. The van der Waals surface area contributed by atoms with Crippen LogP contribution in [0.5, 0.6) is 5.75 Å². The number of ether oxygens (including phenoxy) is 1. The summed E-state index contributed by atoms with van der Waals surface area (Å²) < 4.78 is 58.2. The van der Waals surface area contributed by atoms with Crippen molar-refractivity contribution in [2.75, 3.05) is 0 Å². The molecule has 0 amide bonds. The average Bonchev–Trinajstić information content (AvgIpc) is 2.76. The molecule has 0 spiro atoms. The summed E-state index contributed by atoms with van der Waals surface area (Å²) in [6.45, 7) is 2.94. The van der Waals surface area contributed by atoms with Crippen LogP contribution in [0.4, 0.5) is 17.6 Å². The molecular weight excluding hydrogens is 472 g/mol. The fourth-order valence-corrected chi connectivity index (χ4v) is 3.82. The van der Waals surface area contributed by atoms with Gasteiger partial charge in [-0.25, -0.2) is 4.39 Å². The van der Waals surface area contributed by atoms with E-state index in [0.29, 0.717) is 10.9 Å². The molecule has 0 atom stereocenters. The lowest BCUT2D eigenvalue weighted by Crippen LogP contribution is -2.24. The molecule has 3 rings (SSSR count). The van der Waals surface area contributed by atoms with Crippen molar-refractivity contribution in [3.8, 4) is 5.75 Å². The van der Waals surface area contributed by atoms with E-state index < -0.39 is 28.5 Å². The number of hydrogen-bond acceptors (Lipinski definition) is 4. The quantitative estimate of drug-likeness (QED) is 0.193. The highest BCUT2D eigenvalue weighted by molar-refractivity contribution is 8.00. The Morgan fingerprint density at radius 1 is 1.00 bits per heavy atom. The van der Waals surface area contributed by atoms with Gasteiger partial charge in [0.05, 0.1) is 11.0 Å². The van der Waals surface area contributed by atoms with Crippen molar-refractivity contribution in [2.45, 2.75) is 43.7 Å². The number of aliphatic carboxylic acids is 1. The molecule has 0 saturated carbocycles. The number of carboxylic acid groups (broad SMARTS) is 1. The number of fused-ring (bicyclic) bond motifs is 1. The molecule has 0 aliphatic heterocycles. The van der Waals surface area contributed by atoms with Crippen LogP contribution in [0.3, 0.4) is 0 Å². The van der Waals surface area contributed by atoms with E-state index >= 15 is 0 Å². The van der Waals surface area contributed by atoms with Crippen LogP contribution in [0.1, 0.15) is 42.6 Å². The van der Waals surface area contributed by atoms with Gasteiger partial charge in [0, 0.05) is 22.1 Å². The molecule has 3 aromatic carbocycles. The zero-order chi connectivity index (χ0) is 25.1. The van der Waals surface area contributed by atoms with Crippen LogP contribution in [0.25, 0.3) is 10.8 Å². The number of ketones is 1. The summed E-state index contributed by atoms with van der Waals surface area (Å²) in [5, 5.41) is 9.91. The molecule has 0 aromatic heterocycles. The highest BCUT2D eigenvalue weighted by Gasteiger charge is 2.30. The summed E-state index contributed by atoms with van der Waals surface area (Å²) in [5.74, 6) is -1.99. The molecule has 0 unspecified atom stereocenters. The molecule has 0 aliphatic rings. The molecule has 9 heteroatoms. The van der Waals surface area contributed by atoms with Crippen molar-refractivity contribution in [2.24, 2.45) is 5.41 Å². The summed E-state index contributed by atoms with van der Waals surface area (Å²) in [5.41, 5.74) is -4.98. The second kappa shape index (κ2) is 10.0. The van der Waals surface area contributed by atoms with Gasteiger partial charge in [-0.1, -0.05) is 36.4 Å². The lowest BCUT2D eigenvalue weighted by atomic mass is 9.86. The van der Waals surface area contributed by atoms with E-state index in [1.165, 1.54) is 38.1 Å². The van der Waals surface area contributed by atoms with Crippen molar-refractivity contribution in [3.05, 3.63) is 71.5 Å². The first-order chi connectivity index (χ1) is 15.9. The fourth-order valence-electron chi connectivity index (χ4n) is 3.28. The third-order valence-electron chi connectivity index (χ3n) is 5.34. The smallest absolute Gasteiger partial charge is 0.446 e. The number of carbonyl (C=O) groups excluding carboxylic acids is 1. The molecule has 4 nitrogen and oxygen atoms in total. The number of benzene rings is 3. The minimum absolute atomic E-state index is 0.0124. The van der Waals surface area contributed by atoms with E-state index in [4.69, 9.17) is 4.74 Å². The summed E-state index contributed by atoms with van der Waals surface area (Å²) in [7, 11) is 0. The second-order valence-corrected chi connectivity index (χ2v) is 9.51. The molecule has 1 N–H and O–H groups in total. The van der Waals surface area contributed by atoms with E-state index in [9.17, 15) is 32.3 Å². The van der Waals surface area contributed by atoms with Gasteiger partial charge in [0.2, 0.25) is 0 Å². The molecule has 0 bridgehead atoms. The Morgan fingerprint density at radius 3 is 2.21 bits per heavy atom. The van der Waals surface area contributed by atoms with Gasteiger partial charge in [0.15, 0.2) is 5.78 Å². The minimum Gasteiger partial charge on any atom is -0.487 e. The number of carboxylic acids is 1. The molecule has 0 saturated heterocycles. The van der Waals surface area contributed by atoms with Crippen molar-refractivity contribution < 1.29 is 37.0 Å². The highest BCUT2D eigenvalue weighted by atomic mass is 32.2. The molecule has 34 heavy (non-hydrogen) atoms. The van der Waals surface area contributed by atoms with Crippen molar-refractivity contribution in [1.82, 2.24) is 0 Å². The van der Waals surface area contributed by atoms with Crippen LogP contribution >= 0.6 is 11.8 Å². The standard InChI is InChI=1S/C25H22F4O4S/c1-24(2,23(31)32)12-11-21(30)19-13-20(26)17-5-3-4-6-18(17)22(19)33-14-15-7-9-16(10-8-15)34-25(27,28)29/h3-10,13H,11-12,14H2,1-2H3,(H,31,32). The third kappa shape index (κ3) is 6.28. The van der Waals surface area contributed by atoms with E-state index in [1.807, 2.05) is 0 Å². The molecular formula is C25H22F4O4S. The first-order valence-electron chi connectivity index (χ1n) is 10.3.